The Morgan fingerprint density at radius 2 is 1.82 bits per heavy atom. The quantitative estimate of drug-likeness (QED) is 0.782. The highest BCUT2D eigenvalue weighted by Gasteiger charge is 2.30. The lowest BCUT2D eigenvalue weighted by Crippen LogP contribution is -3.11. The highest BCUT2D eigenvalue weighted by molar-refractivity contribution is 7.18. The average Bonchev–Trinajstić information content (AvgIpc) is 3.00. The summed E-state index contributed by atoms with van der Waals surface area (Å²) in [7, 11) is 0. The fourth-order valence-electron chi connectivity index (χ4n) is 3.49. The van der Waals surface area contributed by atoms with Gasteiger partial charge in [0.2, 0.25) is 0 Å². The van der Waals surface area contributed by atoms with Gasteiger partial charge < -0.3 is 4.90 Å². The number of piperidine rings is 1. The van der Waals surface area contributed by atoms with Crippen molar-refractivity contribution in [3.05, 3.63) is 65.2 Å². The molecule has 1 aliphatic heterocycles. The lowest BCUT2D eigenvalue weighted by Gasteiger charge is -2.31. The minimum Gasteiger partial charge on any atom is -0.323 e. The highest BCUT2D eigenvalue weighted by atomic mass is 32.1. The minimum atomic E-state index is 0.561. The Labute approximate surface area is 135 Å². The van der Waals surface area contributed by atoms with Crippen LogP contribution in [-0.4, -0.2) is 11.5 Å². The van der Waals surface area contributed by atoms with Crippen LogP contribution in [0.3, 0.4) is 0 Å². The van der Waals surface area contributed by atoms with Crippen molar-refractivity contribution in [1.29, 1.82) is 0 Å². The highest BCUT2D eigenvalue weighted by Crippen LogP contribution is 2.28. The van der Waals surface area contributed by atoms with Gasteiger partial charge in [0.15, 0.2) is 5.01 Å². The first-order chi connectivity index (χ1) is 10.9. The summed E-state index contributed by atoms with van der Waals surface area (Å²) in [6.07, 6.45) is 3.93. The van der Waals surface area contributed by atoms with Crippen LogP contribution in [0.25, 0.3) is 10.2 Å². The second-order valence-corrected chi connectivity index (χ2v) is 7.20. The summed E-state index contributed by atoms with van der Waals surface area (Å²) in [5, 5.41) is 1.33. The Hall–Kier alpha value is -1.71. The maximum absolute atomic E-state index is 4.93. The molecule has 0 radical (unpaired) electrons. The molecule has 0 spiro atoms. The summed E-state index contributed by atoms with van der Waals surface area (Å²) in [5.74, 6) is 0. The van der Waals surface area contributed by atoms with E-state index in [1.54, 1.807) is 4.90 Å². The molecule has 0 aliphatic carbocycles. The van der Waals surface area contributed by atoms with Gasteiger partial charge in [-0.1, -0.05) is 42.5 Å². The largest absolute Gasteiger partial charge is 0.323 e. The van der Waals surface area contributed by atoms with Crippen LogP contribution in [0.1, 0.15) is 35.9 Å². The zero-order valence-corrected chi connectivity index (χ0v) is 13.5. The lowest BCUT2D eigenvalue weighted by atomic mass is 10.0. The number of hydrogen-bond donors (Lipinski definition) is 1. The van der Waals surface area contributed by atoms with Crippen molar-refractivity contribution >= 4 is 21.6 Å². The molecule has 2 aromatic carbocycles. The molecular weight excluding hydrogens is 288 g/mol. The Kier molecular flexibility index (Phi) is 3.92. The van der Waals surface area contributed by atoms with Gasteiger partial charge in [0.25, 0.3) is 0 Å². The van der Waals surface area contributed by atoms with Crippen LogP contribution in [0.5, 0.6) is 0 Å². The van der Waals surface area contributed by atoms with E-state index in [1.165, 1.54) is 41.1 Å². The van der Waals surface area contributed by atoms with Gasteiger partial charge in [0.05, 0.1) is 16.8 Å². The second kappa shape index (κ2) is 6.19. The number of rotatable bonds is 3. The van der Waals surface area contributed by atoms with E-state index >= 15 is 0 Å². The van der Waals surface area contributed by atoms with Crippen molar-refractivity contribution in [2.24, 2.45) is 0 Å². The van der Waals surface area contributed by atoms with Crippen LogP contribution >= 0.6 is 11.3 Å². The summed E-state index contributed by atoms with van der Waals surface area (Å²) in [4.78, 5) is 6.60. The van der Waals surface area contributed by atoms with Crippen molar-refractivity contribution in [3.8, 4) is 0 Å². The van der Waals surface area contributed by atoms with Gasteiger partial charge in [-0.05, 0) is 25.0 Å². The molecule has 0 amide bonds. The monoisotopic (exact) mass is 309 g/mol. The lowest BCUT2D eigenvalue weighted by molar-refractivity contribution is -0.950. The van der Waals surface area contributed by atoms with E-state index in [4.69, 9.17) is 4.98 Å². The van der Waals surface area contributed by atoms with Crippen molar-refractivity contribution in [1.82, 2.24) is 4.98 Å². The number of nitrogens with zero attached hydrogens (tertiary/aromatic N) is 1. The first-order valence-corrected chi connectivity index (χ1v) is 8.96. The number of quaternary nitrogens is 1. The molecule has 4 rings (SSSR count). The molecule has 2 heterocycles. The Morgan fingerprint density at radius 3 is 2.68 bits per heavy atom. The Bertz CT molecular complexity index is 717. The van der Waals surface area contributed by atoms with Gasteiger partial charge in [0.1, 0.15) is 12.6 Å². The van der Waals surface area contributed by atoms with Crippen molar-refractivity contribution in [2.75, 3.05) is 6.54 Å². The van der Waals surface area contributed by atoms with E-state index in [0.717, 1.165) is 12.1 Å². The van der Waals surface area contributed by atoms with Crippen molar-refractivity contribution in [3.63, 3.8) is 0 Å². The van der Waals surface area contributed by atoms with E-state index in [1.807, 2.05) is 11.3 Å². The number of hydrogen-bond acceptors (Lipinski definition) is 2. The summed E-state index contributed by atoms with van der Waals surface area (Å²) in [6, 6.07) is 20.0. The zero-order valence-electron chi connectivity index (χ0n) is 12.7. The molecular formula is C19H21N2S+. The Balaban J connectivity index is 1.62. The van der Waals surface area contributed by atoms with Crippen LogP contribution in [-0.2, 0) is 6.54 Å². The van der Waals surface area contributed by atoms with E-state index in [-0.39, 0.29) is 0 Å². The number of nitrogens with one attached hydrogen (secondary N) is 1. The first-order valence-electron chi connectivity index (χ1n) is 8.14. The standard InChI is InChI=1S/C19H20N2S/c1-2-8-15(9-3-1)14-21-13-7-6-11-17(21)19-20-16-10-4-5-12-18(16)22-19/h1-5,8-10,12,17H,6-7,11,13-14H2/p+1/t17-/m1/s1. The van der Waals surface area contributed by atoms with Gasteiger partial charge in [-0.2, -0.15) is 0 Å². The number of aromatic nitrogens is 1. The first kappa shape index (κ1) is 13.9. The fraction of sp³-hybridized carbons (Fsp3) is 0.316. The normalized spacial score (nSPS) is 22.0. The third kappa shape index (κ3) is 2.79. The van der Waals surface area contributed by atoms with Gasteiger partial charge in [-0.3, -0.25) is 0 Å². The van der Waals surface area contributed by atoms with E-state index in [0.29, 0.717) is 6.04 Å². The molecule has 1 fully saturated rings. The van der Waals surface area contributed by atoms with Gasteiger partial charge in [-0.25, -0.2) is 4.98 Å². The zero-order chi connectivity index (χ0) is 14.8. The SMILES string of the molecule is c1ccc(C[NH+]2CCCC[C@@H]2c2nc3ccccc3s2)cc1. The van der Waals surface area contributed by atoms with Gasteiger partial charge >= 0.3 is 0 Å². The number of thiazole rings is 1. The number of likely N-dealkylation sites (tertiary alicyclic amines) is 1. The van der Waals surface area contributed by atoms with E-state index in [2.05, 4.69) is 54.6 Å². The molecule has 22 heavy (non-hydrogen) atoms. The summed E-state index contributed by atoms with van der Waals surface area (Å²) >= 11 is 1.89. The van der Waals surface area contributed by atoms with Crippen LogP contribution in [0.15, 0.2) is 54.6 Å². The van der Waals surface area contributed by atoms with Crippen molar-refractivity contribution in [2.45, 2.75) is 31.8 Å². The topological polar surface area (TPSA) is 17.3 Å². The van der Waals surface area contributed by atoms with Crippen LogP contribution in [0.4, 0.5) is 0 Å². The molecule has 0 saturated carbocycles. The Morgan fingerprint density at radius 1 is 1.00 bits per heavy atom. The van der Waals surface area contributed by atoms with Crippen LogP contribution in [0, 0.1) is 0 Å². The van der Waals surface area contributed by atoms with Gasteiger partial charge in [0, 0.05) is 12.0 Å². The number of benzene rings is 2. The maximum atomic E-state index is 4.93. The molecule has 2 nitrogen and oxygen atoms in total. The molecule has 1 saturated heterocycles. The molecule has 3 aromatic rings. The second-order valence-electron chi connectivity index (χ2n) is 6.14. The van der Waals surface area contributed by atoms with Crippen LogP contribution < -0.4 is 4.90 Å². The molecule has 1 unspecified atom stereocenters. The smallest absolute Gasteiger partial charge is 0.151 e. The van der Waals surface area contributed by atoms with Crippen LogP contribution in [0.2, 0.25) is 0 Å². The third-order valence-electron chi connectivity index (χ3n) is 4.62. The molecule has 0 bridgehead atoms. The van der Waals surface area contributed by atoms with E-state index in [9.17, 15) is 0 Å². The molecule has 1 aliphatic rings. The number of para-hydroxylation sites is 1. The third-order valence-corrected chi connectivity index (χ3v) is 5.77. The number of fused-ring (bicyclic) bond motifs is 1. The average molecular weight is 309 g/mol. The van der Waals surface area contributed by atoms with E-state index < -0.39 is 0 Å². The summed E-state index contributed by atoms with van der Waals surface area (Å²) in [5.41, 5.74) is 2.60. The summed E-state index contributed by atoms with van der Waals surface area (Å²) < 4.78 is 1.32. The molecule has 1 N–H and O–H groups in total. The molecule has 3 heteroatoms. The van der Waals surface area contributed by atoms with Gasteiger partial charge in [-0.15, -0.1) is 11.3 Å². The fourth-order valence-corrected chi connectivity index (χ4v) is 4.65. The molecule has 2 atom stereocenters. The maximum Gasteiger partial charge on any atom is 0.151 e. The molecule has 112 valence electrons. The predicted molar refractivity (Wildman–Crippen MR) is 92.2 cm³/mol. The predicted octanol–water partition coefficient (Wildman–Crippen LogP) is 3.61. The minimum absolute atomic E-state index is 0.561. The summed E-state index contributed by atoms with van der Waals surface area (Å²) in [6.45, 7) is 2.37. The molecule has 1 aromatic heterocycles. The van der Waals surface area contributed by atoms with Crippen molar-refractivity contribution < 1.29 is 4.90 Å².